The van der Waals surface area contributed by atoms with Gasteiger partial charge in [0.1, 0.15) is 0 Å². The largest absolute Gasteiger partial charge is 0.481 e. The fraction of sp³-hybridized carbons (Fsp3) is 0.318. The molecule has 6 heteroatoms. The van der Waals surface area contributed by atoms with Crippen LogP contribution in [0.5, 0.6) is 5.88 Å². The molecule has 0 spiro atoms. The lowest BCUT2D eigenvalue weighted by atomic mass is 9.81. The first-order chi connectivity index (χ1) is 13.6. The van der Waals surface area contributed by atoms with Crippen LogP contribution in [0.25, 0.3) is 22.0 Å². The Balaban J connectivity index is 1.67. The lowest BCUT2D eigenvalue weighted by Crippen LogP contribution is -2.44. The average molecular weight is 374 g/mol. The second kappa shape index (κ2) is 6.19. The standard InChI is InChI=1S/C22H22N4O2/c1-12-9-13(10-12)26-11-17-18(22(26)27)19(23)16-6-3-5-14(20(16)25-17)15-7-4-8-24-21(15)28-2/h3-8,12-13H,9-11H2,1-2H3,(H2,23,25)/t12-,13+. The van der Waals surface area contributed by atoms with Gasteiger partial charge in [-0.05, 0) is 30.9 Å². The van der Waals surface area contributed by atoms with Gasteiger partial charge in [0, 0.05) is 28.8 Å². The lowest BCUT2D eigenvalue weighted by molar-refractivity contribution is 0.0509. The highest BCUT2D eigenvalue weighted by Gasteiger charge is 2.40. The molecule has 142 valence electrons. The zero-order valence-electron chi connectivity index (χ0n) is 16.0. The maximum atomic E-state index is 13.0. The van der Waals surface area contributed by atoms with E-state index >= 15 is 0 Å². The number of hydrogen-bond acceptors (Lipinski definition) is 5. The van der Waals surface area contributed by atoms with Crippen molar-refractivity contribution in [3.63, 3.8) is 0 Å². The molecule has 1 saturated carbocycles. The Morgan fingerprint density at radius 2 is 1.96 bits per heavy atom. The molecule has 1 aromatic carbocycles. The van der Waals surface area contributed by atoms with Crippen LogP contribution in [0.1, 0.15) is 35.8 Å². The number of nitrogen functional groups attached to an aromatic ring is 1. The summed E-state index contributed by atoms with van der Waals surface area (Å²) in [5, 5.41) is 0.791. The van der Waals surface area contributed by atoms with E-state index in [0.717, 1.165) is 40.6 Å². The molecule has 5 rings (SSSR count). The number of benzene rings is 1. The third-order valence-electron chi connectivity index (χ3n) is 5.97. The predicted molar refractivity (Wildman–Crippen MR) is 108 cm³/mol. The predicted octanol–water partition coefficient (Wildman–Crippen LogP) is 3.64. The van der Waals surface area contributed by atoms with E-state index in [9.17, 15) is 4.79 Å². The zero-order valence-corrected chi connectivity index (χ0v) is 16.0. The van der Waals surface area contributed by atoms with Crippen molar-refractivity contribution in [1.82, 2.24) is 14.9 Å². The maximum absolute atomic E-state index is 13.0. The molecule has 1 aliphatic heterocycles. The summed E-state index contributed by atoms with van der Waals surface area (Å²) in [6, 6.07) is 9.97. The molecular weight excluding hydrogens is 352 g/mol. The van der Waals surface area contributed by atoms with E-state index in [0.29, 0.717) is 35.6 Å². The van der Waals surface area contributed by atoms with Crippen LogP contribution >= 0.6 is 0 Å². The van der Waals surface area contributed by atoms with Gasteiger partial charge in [-0.3, -0.25) is 4.79 Å². The number of nitrogens with two attached hydrogens (primary N) is 1. The van der Waals surface area contributed by atoms with E-state index in [1.807, 2.05) is 35.2 Å². The van der Waals surface area contributed by atoms with Crippen LogP contribution in [0.3, 0.4) is 0 Å². The summed E-state index contributed by atoms with van der Waals surface area (Å²) in [7, 11) is 1.60. The minimum absolute atomic E-state index is 0.0168. The number of ether oxygens (including phenoxy) is 1. The topological polar surface area (TPSA) is 81.3 Å². The summed E-state index contributed by atoms with van der Waals surface area (Å²) < 4.78 is 5.44. The third-order valence-corrected chi connectivity index (χ3v) is 5.97. The normalized spacial score (nSPS) is 20.9. The first kappa shape index (κ1) is 17.0. The van der Waals surface area contributed by atoms with Crippen molar-refractivity contribution < 1.29 is 9.53 Å². The first-order valence-electron chi connectivity index (χ1n) is 9.60. The number of methoxy groups -OCH3 is 1. The van der Waals surface area contributed by atoms with Crippen molar-refractivity contribution in [2.45, 2.75) is 32.4 Å². The summed E-state index contributed by atoms with van der Waals surface area (Å²) in [5.74, 6) is 1.23. The van der Waals surface area contributed by atoms with Gasteiger partial charge in [0.25, 0.3) is 5.91 Å². The van der Waals surface area contributed by atoms with Gasteiger partial charge in [0.2, 0.25) is 5.88 Å². The maximum Gasteiger partial charge on any atom is 0.258 e. The van der Waals surface area contributed by atoms with Crippen molar-refractivity contribution >= 4 is 22.5 Å². The molecule has 0 radical (unpaired) electrons. The SMILES string of the molecule is COc1ncccc1-c1cccc2c(N)c3c(nc12)CN([C@H]1C[C@@H](C)C1)C3=O. The van der Waals surface area contributed by atoms with Crippen molar-refractivity contribution in [1.29, 1.82) is 0 Å². The molecule has 0 atom stereocenters. The number of amides is 1. The quantitative estimate of drug-likeness (QED) is 0.757. The summed E-state index contributed by atoms with van der Waals surface area (Å²) in [4.78, 5) is 24.2. The molecule has 28 heavy (non-hydrogen) atoms. The van der Waals surface area contributed by atoms with Gasteiger partial charge in [-0.2, -0.15) is 0 Å². The van der Waals surface area contributed by atoms with E-state index in [1.165, 1.54) is 0 Å². The lowest BCUT2D eigenvalue weighted by Gasteiger charge is -2.39. The molecule has 6 nitrogen and oxygen atoms in total. The van der Waals surface area contributed by atoms with Gasteiger partial charge in [-0.1, -0.05) is 25.1 Å². The number of fused-ring (bicyclic) bond motifs is 2. The number of carbonyl (C=O) groups is 1. The van der Waals surface area contributed by atoms with E-state index < -0.39 is 0 Å². The zero-order chi connectivity index (χ0) is 19.4. The van der Waals surface area contributed by atoms with Crippen molar-refractivity contribution in [3.8, 4) is 17.0 Å². The van der Waals surface area contributed by atoms with Gasteiger partial charge >= 0.3 is 0 Å². The molecule has 2 N–H and O–H groups in total. The third kappa shape index (κ3) is 2.37. The molecule has 3 aromatic rings. The Kier molecular flexibility index (Phi) is 3.75. The van der Waals surface area contributed by atoms with E-state index in [1.54, 1.807) is 13.3 Å². The van der Waals surface area contributed by atoms with Gasteiger partial charge < -0.3 is 15.4 Å². The number of para-hydroxylation sites is 1. The molecule has 3 heterocycles. The fourth-order valence-corrected chi connectivity index (χ4v) is 4.48. The molecule has 1 amide bonds. The van der Waals surface area contributed by atoms with Crippen LogP contribution in [0.15, 0.2) is 36.5 Å². The van der Waals surface area contributed by atoms with Crippen molar-refractivity contribution in [3.05, 3.63) is 47.8 Å². The van der Waals surface area contributed by atoms with Crippen LogP contribution < -0.4 is 10.5 Å². The van der Waals surface area contributed by atoms with Gasteiger partial charge in [0.15, 0.2) is 0 Å². The Morgan fingerprint density at radius 3 is 2.71 bits per heavy atom. The Labute approximate surface area is 163 Å². The molecule has 2 aliphatic rings. The molecule has 0 unspecified atom stereocenters. The van der Waals surface area contributed by atoms with E-state index in [-0.39, 0.29) is 5.91 Å². The van der Waals surface area contributed by atoms with E-state index in [4.69, 9.17) is 15.5 Å². The molecule has 2 aromatic heterocycles. The summed E-state index contributed by atoms with van der Waals surface area (Å²) in [6.07, 6.45) is 3.80. The highest BCUT2D eigenvalue weighted by Crippen LogP contribution is 2.41. The van der Waals surface area contributed by atoms with Crippen molar-refractivity contribution in [2.24, 2.45) is 5.92 Å². The smallest absolute Gasteiger partial charge is 0.258 e. The van der Waals surface area contributed by atoms with E-state index in [2.05, 4.69) is 11.9 Å². The number of rotatable bonds is 3. The van der Waals surface area contributed by atoms with Crippen LogP contribution in [-0.2, 0) is 6.54 Å². The number of hydrogen-bond donors (Lipinski definition) is 1. The highest BCUT2D eigenvalue weighted by atomic mass is 16.5. The highest BCUT2D eigenvalue weighted by molar-refractivity contribution is 6.11. The van der Waals surface area contributed by atoms with Crippen LogP contribution in [0.4, 0.5) is 5.69 Å². The van der Waals surface area contributed by atoms with Gasteiger partial charge in [-0.15, -0.1) is 0 Å². The number of aromatic nitrogens is 2. The van der Waals surface area contributed by atoms with Crippen LogP contribution in [-0.4, -0.2) is 33.9 Å². The molecule has 1 fully saturated rings. The Bertz CT molecular complexity index is 1110. The second-order valence-electron chi connectivity index (χ2n) is 7.77. The van der Waals surface area contributed by atoms with Gasteiger partial charge in [0.05, 0.1) is 36.1 Å². The molecule has 0 saturated heterocycles. The van der Waals surface area contributed by atoms with Gasteiger partial charge in [-0.25, -0.2) is 9.97 Å². The minimum atomic E-state index is 0.0168. The minimum Gasteiger partial charge on any atom is -0.481 e. The molecular formula is C22H22N4O2. The monoisotopic (exact) mass is 374 g/mol. The molecule has 1 aliphatic carbocycles. The first-order valence-corrected chi connectivity index (χ1v) is 9.60. The average Bonchev–Trinajstić information content (AvgIpc) is 3.01. The summed E-state index contributed by atoms with van der Waals surface area (Å²) in [5.41, 5.74) is 10.9. The number of anilines is 1. The number of carbonyl (C=O) groups excluding carboxylic acids is 1. The van der Waals surface area contributed by atoms with Crippen molar-refractivity contribution in [2.75, 3.05) is 12.8 Å². The molecule has 0 bridgehead atoms. The summed E-state index contributed by atoms with van der Waals surface area (Å²) in [6.45, 7) is 2.75. The van der Waals surface area contributed by atoms with Crippen LogP contribution in [0.2, 0.25) is 0 Å². The number of nitrogens with zero attached hydrogens (tertiary/aromatic N) is 3. The van der Waals surface area contributed by atoms with Crippen LogP contribution in [0, 0.1) is 5.92 Å². The Hall–Kier alpha value is -3.15. The number of pyridine rings is 2. The fourth-order valence-electron chi connectivity index (χ4n) is 4.48. The second-order valence-corrected chi connectivity index (χ2v) is 7.77. The Morgan fingerprint density at radius 1 is 1.18 bits per heavy atom. The summed E-state index contributed by atoms with van der Waals surface area (Å²) >= 11 is 0.